The summed E-state index contributed by atoms with van der Waals surface area (Å²) in [5.41, 5.74) is 8.07. The molecule has 0 saturated carbocycles. The van der Waals surface area contributed by atoms with Gasteiger partial charge in [-0.2, -0.15) is 0 Å². The number of carbonyl (C=O) groups excluding carboxylic acids is 2. The number of nitrogen functional groups attached to an aromatic ring is 1. The quantitative estimate of drug-likeness (QED) is 0.594. The average molecular weight is 255 g/mol. The molecular formula is C14H13N3O2. The Morgan fingerprint density at radius 3 is 2.89 bits per heavy atom. The van der Waals surface area contributed by atoms with Gasteiger partial charge in [0, 0.05) is 23.7 Å². The second kappa shape index (κ2) is 4.35. The van der Waals surface area contributed by atoms with E-state index in [0.29, 0.717) is 18.5 Å². The lowest BCUT2D eigenvalue weighted by atomic mass is 9.91. The molecule has 0 bridgehead atoms. The van der Waals surface area contributed by atoms with E-state index in [-0.39, 0.29) is 17.7 Å². The number of fused-ring (bicyclic) bond motifs is 1. The minimum atomic E-state index is -0.309. The zero-order valence-electron chi connectivity index (χ0n) is 10.2. The van der Waals surface area contributed by atoms with E-state index in [1.165, 1.54) is 0 Å². The first-order chi connectivity index (χ1) is 9.13. The number of piperidine rings is 1. The summed E-state index contributed by atoms with van der Waals surface area (Å²) in [4.78, 5) is 27.3. The zero-order valence-corrected chi connectivity index (χ0v) is 10.2. The summed E-state index contributed by atoms with van der Waals surface area (Å²) in [5, 5.41) is 3.26. The number of pyridine rings is 1. The summed E-state index contributed by atoms with van der Waals surface area (Å²) < 4.78 is 0. The molecule has 1 aromatic carbocycles. The van der Waals surface area contributed by atoms with E-state index in [2.05, 4.69) is 10.3 Å². The number of aromatic nitrogens is 1. The van der Waals surface area contributed by atoms with Crippen LogP contribution in [0.25, 0.3) is 10.9 Å². The van der Waals surface area contributed by atoms with Crippen molar-refractivity contribution in [2.75, 3.05) is 5.73 Å². The number of hydrogen-bond acceptors (Lipinski definition) is 4. The summed E-state index contributed by atoms with van der Waals surface area (Å²) in [6.07, 6.45) is 2.59. The van der Waals surface area contributed by atoms with Crippen molar-refractivity contribution in [2.45, 2.75) is 18.8 Å². The number of carbonyl (C=O) groups is 2. The van der Waals surface area contributed by atoms with Gasteiger partial charge in [-0.25, -0.2) is 0 Å². The number of nitrogens with two attached hydrogens (primary N) is 1. The Hall–Kier alpha value is -2.43. The molecule has 0 aliphatic carbocycles. The van der Waals surface area contributed by atoms with Crippen molar-refractivity contribution < 1.29 is 9.59 Å². The Morgan fingerprint density at radius 2 is 2.11 bits per heavy atom. The smallest absolute Gasteiger partial charge is 0.234 e. The molecule has 5 nitrogen and oxygen atoms in total. The van der Waals surface area contributed by atoms with Crippen molar-refractivity contribution in [3.8, 4) is 0 Å². The summed E-state index contributed by atoms with van der Waals surface area (Å²) >= 11 is 0. The molecule has 2 heterocycles. The average Bonchev–Trinajstić information content (AvgIpc) is 2.38. The van der Waals surface area contributed by atoms with E-state index >= 15 is 0 Å². The van der Waals surface area contributed by atoms with Gasteiger partial charge in [0.1, 0.15) is 0 Å². The molecule has 2 aromatic rings. The first kappa shape index (κ1) is 11.6. The number of rotatable bonds is 1. The fourth-order valence-electron chi connectivity index (χ4n) is 2.37. The SMILES string of the molecule is Nc1ccc2ncc(C3CCC(=O)NC3=O)cc2c1. The molecule has 1 fully saturated rings. The van der Waals surface area contributed by atoms with Crippen LogP contribution < -0.4 is 11.1 Å². The van der Waals surface area contributed by atoms with Crippen molar-refractivity contribution in [2.24, 2.45) is 0 Å². The molecule has 0 radical (unpaired) electrons. The number of anilines is 1. The van der Waals surface area contributed by atoms with Crippen LogP contribution in [0.3, 0.4) is 0 Å². The van der Waals surface area contributed by atoms with Crippen LogP contribution in [-0.2, 0) is 9.59 Å². The molecule has 3 N–H and O–H groups in total. The fourth-order valence-corrected chi connectivity index (χ4v) is 2.37. The molecule has 1 unspecified atom stereocenters. The molecule has 19 heavy (non-hydrogen) atoms. The van der Waals surface area contributed by atoms with Gasteiger partial charge in [0.25, 0.3) is 0 Å². The predicted molar refractivity (Wildman–Crippen MR) is 71.3 cm³/mol. The normalized spacial score (nSPS) is 19.5. The first-order valence-electron chi connectivity index (χ1n) is 6.12. The van der Waals surface area contributed by atoms with Gasteiger partial charge in [0.05, 0.1) is 11.4 Å². The van der Waals surface area contributed by atoms with Gasteiger partial charge in [-0.3, -0.25) is 19.9 Å². The topological polar surface area (TPSA) is 85.1 Å². The van der Waals surface area contributed by atoms with Crippen LogP contribution in [-0.4, -0.2) is 16.8 Å². The molecule has 1 atom stereocenters. The van der Waals surface area contributed by atoms with Crippen molar-refractivity contribution in [1.29, 1.82) is 0 Å². The third-order valence-electron chi connectivity index (χ3n) is 3.37. The molecule has 1 aliphatic rings. The van der Waals surface area contributed by atoms with Crippen LogP contribution in [0, 0.1) is 0 Å². The van der Waals surface area contributed by atoms with Gasteiger partial charge in [0.2, 0.25) is 11.8 Å². The lowest BCUT2D eigenvalue weighted by Crippen LogP contribution is -2.39. The van der Waals surface area contributed by atoms with E-state index in [1.54, 1.807) is 12.3 Å². The Morgan fingerprint density at radius 1 is 1.26 bits per heavy atom. The number of nitrogens with one attached hydrogen (secondary N) is 1. The summed E-state index contributed by atoms with van der Waals surface area (Å²) in [7, 11) is 0. The van der Waals surface area contributed by atoms with Crippen molar-refractivity contribution in [3.63, 3.8) is 0 Å². The Kier molecular flexibility index (Phi) is 2.67. The highest BCUT2D eigenvalue weighted by molar-refractivity contribution is 6.01. The van der Waals surface area contributed by atoms with Crippen LogP contribution in [0.15, 0.2) is 30.5 Å². The van der Waals surface area contributed by atoms with Crippen molar-refractivity contribution >= 4 is 28.4 Å². The van der Waals surface area contributed by atoms with Crippen molar-refractivity contribution in [3.05, 3.63) is 36.0 Å². The van der Waals surface area contributed by atoms with Crippen LogP contribution in [0.1, 0.15) is 24.3 Å². The highest BCUT2D eigenvalue weighted by Gasteiger charge is 2.28. The Labute approximate surface area is 109 Å². The highest BCUT2D eigenvalue weighted by Crippen LogP contribution is 2.27. The minimum Gasteiger partial charge on any atom is -0.399 e. The van der Waals surface area contributed by atoms with E-state index in [1.807, 2.05) is 18.2 Å². The van der Waals surface area contributed by atoms with E-state index in [4.69, 9.17) is 5.73 Å². The fraction of sp³-hybridized carbons (Fsp3) is 0.214. The molecule has 3 rings (SSSR count). The number of amides is 2. The van der Waals surface area contributed by atoms with Gasteiger partial charge < -0.3 is 5.73 Å². The lowest BCUT2D eigenvalue weighted by Gasteiger charge is -2.21. The van der Waals surface area contributed by atoms with Crippen LogP contribution in [0.2, 0.25) is 0 Å². The maximum Gasteiger partial charge on any atom is 0.234 e. The summed E-state index contributed by atoms with van der Waals surface area (Å²) in [6, 6.07) is 7.39. The Bertz CT molecular complexity index is 681. The molecule has 2 amide bonds. The molecule has 96 valence electrons. The van der Waals surface area contributed by atoms with Gasteiger partial charge in [-0.15, -0.1) is 0 Å². The number of benzene rings is 1. The van der Waals surface area contributed by atoms with Crippen LogP contribution >= 0.6 is 0 Å². The molecule has 1 aliphatic heterocycles. The van der Waals surface area contributed by atoms with Gasteiger partial charge in [-0.1, -0.05) is 0 Å². The van der Waals surface area contributed by atoms with E-state index < -0.39 is 0 Å². The molecule has 1 saturated heterocycles. The third-order valence-corrected chi connectivity index (χ3v) is 3.37. The lowest BCUT2D eigenvalue weighted by molar-refractivity contribution is -0.134. The molecular weight excluding hydrogens is 242 g/mol. The maximum atomic E-state index is 11.8. The van der Waals surface area contributed by atoms with Gasteiger partial charge in [-0.05, 0) is 36.2 Å². The van der Waals surface area contributed by atoms with Crippen molar-refractivity contribution in [1.82, 2.24) is 10.3 Å². The monoisotopic (exact) mass is 255 g/mol. The van der Waals surface area contributed by atoms with E-state index in [0.717, 1.165) is 16.5 Å². The zero-order chi connectivity index (χ0) is 13.4. The second-order valence-corrected chi connectivity index (χ2v) is 4.72. The minimum absolute atomic E-state index is 0.209. The van der Waals surface area contributed by atoms with Crippen LogP contribution in [0.4, 0.5) is 5.69 Å². The van der Waals surface area contributed by atoms with Gasteiger partial charge in [0.15, 0.2) is 0 Å². The third kappa shape index (κ3) is 2.14. The summed E-state index contributed by atoms with van der Waals surface area (Å²) in [6.45, 7) is 0. The maximum absolute atomic E-state index is 11.8. The summed E-state index contributed by atoms with van der Waals surface area (Å²) in [5.74, 6) is -0.767. The first-order valence-corrected chi connectivity index (χ1v) is 6.12. The molecule has 0 spiro atoms. The van der Waals surface area contributed by atoms with Gasteiger partial charge >= 0.3 is 0 Å². The standard InChI is InChI=1S/C14H13N3O2/c15-10-1-3-12-8(6-10)5-9(7-16-12)11-2-4-13(18)17-14(11)19/h1,3,5-7,11H,2,4,15H2,(H,17,18,19). The molecule has 1 aromatic heterocycles. The highest BCUT2D eigenvalue weighted by atomic mass is 16.2. The second-order valence-electron chi connectivity index (χ2n) is 4.72. The number of imide groups is 1. The Balaban J connectivity index is 2.01. The molecule has 5 heteroatoms. The largest absolute Gasteiger partial charge is 0.399 e. The number of nitrogens with zero attached hydrogens (tertiary/aromatic N) is 1. The number of hydrogen-bond donors (Lipinski definition) is 2. The van der Waals surface area contributed by atoms with E-state index in [9.17, 15) is 9.59 Å². The predicted octanol–water partition coefficient (Wildman–Crippen LogP) is 1.34. The van der Waals surface area contributed by atoms with Crippen LogP contribution in [0.5, 0.6) is 0 Å².